The first-order chi connectivity index (χ1) is 11.0. The van der Waals surface area contributed by atoms with Gasteiger partial charge in [-0.1, -0.05) is 23.7 Å². The van der Waals surface area contributed by atoms with E-state index in [0.717, 1.165) is 11.1 Å². The predicted octanol–water partition coefficient (Wildman–Crippen LogP) is 2.40. The molecule has 1 aromatic heterocycles. The van der Waals surface area contributed by atoms with Crippen LogP contribution in [0, 0.1) is 0 Å². The maximum atomic E-state index is 12.0. The maximum Gasteiger partial charge on any atom is 0.239 e. The molecule has 0 aliphatic carbocycles. The van der Waals surface area contributed by atoms with Gasteiger partial charge in [0.15, 0.2) is 0 Å². The molecule has 120 valence electrons. The Kier molecular flexibility index (Phi) is 6.11. The standard InChI is InChI=1S/C17H18ClN3O2/c1-13(22)21(11-15-6-8-19-9-7-15)12-17(23)20-10-14-2-4-16(18)5-3-14/h2-9H,10-12H2,1H3,(H,20,23). The molecule has 1 aromatic carbocycles. The Morgan fingerprint density at radius 2 is 1.74 bits per heavy atom. The second kappa shape index (κ2) is 8.29. The van der Waals surface area contributed by atoms with E-state index in [1.54, 1.807) is 24.5 Å². The average molecular weight is 332 g/mol. The smallest absolute Gasteiger partial charge is 0.239 e. The van der Waals surface area contributed by atoms with Gasteiger partial charge >= 0.3 is 0 Å². The summed E-state index contributed by atoms with van der Waals surface area (Å²) in [7, 11) is 0. The lowest BCUT2D eigenvalue weighted by Gasteiger charge is -2.20. The number of halogens is 1. The molecule has 23 heavy (non-hydrogen) atoms. The van der Waals surface area contributed by atoms with E-state index in [1.165, 1.54) is 11.8 Å². The average Bonchev–Trinajstić information content (AvgIpc) is 2.54. The van der Waals surface area contributed by atoms with Crippen molar-refractivity contribution in [1.82, 2.24) is 15.2 Å². The van der Waals surface area contributed by atoms with Gasteiger partial charge in [-0.05, 0) is 35.4 Å². The largest absolute Gasteiger partial charge is 0.350 e. The number of hydrogen-bond donors (Lipinski definition) is 1. The van der Waals surface area contributed by atoms with Gasteiger partial charge in [0.1, 0.15) is 0 Å². The van der Waals surface area contributed by atoms with Crippen LogP contribution in [0.5, 0.6) is 0 Å². The minimum atomic E-state index is -0.204. The van der Waals surface area contributed by atoms with Gasteiger partial charge in [-0.3, -0.25) is 14.6 Å². The Labute approximate surface area is 140 Å². The number of amides is 2. The van der Waals surface area contributed by atoms with Gasteiger partial charge in [-0.15, -0.1) is 0 Å². The summed E-state index contributed by atoms with van der Waals surface area (Å²) in [5.41, 5.74) is 1.88. The third-order valence-electron chi connectivity index (χ3n) is 3.31. The van der Waals surface area contributed by atoms with Crippen LogP contribution < -0.4 is 5.32 Å². The Bertz CT molecular complexity index is 659. The van der Waals surface area contributed by atoms with Crippen LogP contribution in [0.15, 0.2) is 48.8 Å². The summed E-state index contributed by atoms with van der Waals surface area (Å²) in [6, 6.07) is 10.9. The monoisotopic (exact) mass is 331 g/mol. The molecule has 0 saturated carbocycles. The third kappa shape index (κ3) is 5.71. The van der Waals surface area contributed by atoms with E-state index in [4.69, 9.17) is 11.6 Å². The van der Waals surface area contributed by atoms with Crippen LogP contribution in [0.4, 0.5) is 0 Å². The van der Waals surface area contributed by atoms with Crippen molar-refractivity contribution < 1.29 is 9.59 Å². The van der Waals surface area contributed by atoms with Crippen LogP contribution in [0.3, 0.4) is 0 Å². The number of carbonyl (C=O) groups is 2. The van der Waals surface area contributed by atoms with E-state index in [0.29, 0.717) is 18.1 Å². The van der Waals surface area contributed by atoms with Crippen molar-refractivity contribution in [2.45, 2.75) is 20.0 Å². The van der Waals surface area contributed by atoms with Gasteiger partial charge in [-0.2, -0.15) is 0 Å². The number of nitrogens with zero attached hydrogens (tertiary/aromatic N) is 2. The molecule has 0 bridgehead atoms. The number of pyridine rings is 1. The minimum Gasteiger partial charge on any atom is -0.350 e. The molecule has 0 aliphatic heterocycles. The molecule has 0 spiro atoms. The first kappa shape index (κ1) is 17.0. The van der Waals surface area contributed by atoms with Crippen molar-refractivity contribution in [1.29, 1.82) is 0 Å². The first-order valence-electron chi connectivity index (χ1n) is 7.20. The predicted molar refractivity (Wildman–Crippen MR) is 88.6 cm³/mol. The number of aromatic nitrogens is 1. The van der Waals surface area contributed by atoms with Gasteiger partial charge in [0.2, 0.25) is 11.8 Å². The lowest BCUT2D eigenvalue weighted by Crippen LogP contribution is -2.39. The first-order valence-corrected chi connectivity index (χ1v) is 7.58. The van der Waals surface area contributed by atoms with Crippen molar-refractivity contribution in [3.8, 4) is 0 Å². The molecule has 5 nitrogen and oxygen atoms in total. The fraction of sp³-hybridized carbons (Fsp3) is 0.235. The van der Waals surface area contributed by atoms with Crippen LogP contribution in [-0.2, 0) is 22.7 Å². The second-order valence-electron chi connectivity index (χ2n) is 5.13. The zero-order valence-corrected chi connectivity index (χ0v) is 13.6. The summed E-state index contributed by atoms with van der Waals surface area (Å²) < 4.78 is 0. The van der Waals surface area contributed by atoms with Crippen LogP contribution >= 0.6 is 11.6 Å². The van der Waals surface area contributed by atoms with Gasteiger partial charge in [0.05, 0.1) is 6.54 Å². The van der Waals surface area contributed by atoms with E-state index in [9.17, 15) is 9.59 Å². The zero-order valence-electron chi connectivity index (χ0n) is 12.8. The van der Waals surface area contributed by atoms with Crippen molar-refractivity contribution >= 4 is 23.4 Å². The maximum absolute atomic E-state index is 12.0. The number of benzene rings is 1. The molecule has 2 amide bonds. The Balaban J connectivity index is 1.88. The van der Waals surface area contributed by atoms with E-state index >= 15 is 0 Å². The molecule has 0 atom stereocenters. The van der Waals surface area contributed by atoms with Gasteiger partial charge in [0, 0.05) is 37.4 Å². The molecule has 2 aromatic rings. The lowest BCUT2D eigenvalue weighted by molar-refractivity contribution is -0.135. The third-order valence-corrected chi connectivity index (χ3v) is 3.56. The molecule has 0 saturated heterocycles. The number of rotatable bonds is 6. The van der Waals surface area contributed by atoms with Crippen LogP contribution in [-0.4, -0.2) is 28.2 Å². The van der Waals surface area contributed by atoms with E-state index < -0.39 is 0 Å². The number of hydrogen-bond acceptors (Lipinski definition) is 3. The summed E-state index contributed by atoms with van der Waals surface area (Å²) >= 11 is 5.82. The highest BCUT2D eigenvalue weighted by molar-refractivity contribution is 6.30. The van der Waals surface area contributed by atoms with Gasteiger partial charge in [-0.25, -0.2) is 0 Å². The molecule has 1 N–H and O–H groups in total. The molecule has 0 fully saturated rings. The minimum absolute atomic E-state index is 0.0191. The summed E-state index contributed by atoms with van der Waals surface area (Å²) in [4.78, 5) is 29.2. The summed E-state index contributed by atoms with van der Waals surface area (Å²) in [6.07, 6.45) is 3.32. The molecular weight excluding hydrogens is 314 g/mol. The summed E-state index contributed by atoms with van der Waals surface area (Å²) in [5.74, 6) is -0.354. The SMILES string of the molecule is CC(=O)N(CC(=O)NCc1ccc(Cl)cc1)Cc1ccncc1. The Hall–Kier alpha value is -2.40. The lowest BCUT2D eigenvalue weighted by atomic mass is 10.2. The fourth-order valence-corrected chi connectivity index (χ4v) is 2.15. The molecule has 6 heteroatoms. The van der Waals surface area contributed by atoms with Gasteiger partial charge in [0.25, 0.3) is 0 Å². The molecule has 0 unspecified atom stereocenters. The van der Waals surface area contributed by atoms with E-state index in [1.807, 2.05) is 24.3 Å². The van der Waals surface area contributed by atoms with E-state index in [-0.39, 0.29) is 18.4 Å². The molecule has 2 rings (SSSR count). The van der Waals surface area contributed by atoms with Crippen LogP contribution in [0.2, 0.25) is 5.02 Å². The van der Waals surface area contributed by atoms with Crippen molar-refractivity contribution in [2.75, 3.05) is 6.54 Å². The van der Waals surface area contributed by atoms with Crippen LogP contribution in [0.25, 0.3) is 0 Å². The highest BCUT2D eigenvalue weighted by atomic mass is 35.5. The molecule has 0 radical (unpaired) electrons. The quantitative estimate of drug-likeness (QED) is 0.884. The molecule has 0 aliphatic rings. The van der Waals surface area contributed by atoms with E-state index in [2.05, 4.69) is 10.3 Å². The van der Waals surface area contributed by atoms with Gasteiger partial charge < -0.3 is 10.2 Å². The van der Waals surface area contributed by atoms with Crippen LogP contribution in [0.1, 0.15) is 18.1 Å². The summed E-state index contributed by atoms with van der Waals surface area (Å²) in [5, 5.41) is 3.45. The number of carbonyl (C=O) groups excluding carboxylic acids is 2. The molecular formula is C17H18ClN3O2. The highest BCUT2D eigenvalue weighted by Crippen LogP contribution is 2.09. The Morgan fingerprint density at radius 1 is 1.09 bits per heavy atom. The number of nitrogens with one attached hydrogen (secondary N) is 1. The highest BCUT2D eigenvalue weighted by Gasteiger charge is 2.14. The second-order valence-corrected chi connectivity index (χ2v) is 5.57. The van der Waals surface area contributed by atoms with Crippen molar-refractivity contribution in [3.63, 3.8) is 0 Å². The topological polar surface area (TPSA) is 62.3 Å². The normalized spacial score (nSPS) is 10.2. The fourth-order valence-electron chi connectivity index (χ4n) is 2.02. The Morgan fingerprint density at radius 3 is 2.35 bits per heavy atom. The zero-order chi connectivity index (χ0) is 16.7. The summed E-state index contributed by atoms with van der Waals surface area (Å²) in [6.45, 7) is 2.25. The van der Waals surface area contributed by atoms with Crippen molar-refractivity contribution in [3.05, 3.63) is 64.9 Å². The molecule has 1 heterocycles. The van der Waals surface area contributed by atoms with Crippen molar-refractivity contribution in [2.24, 2.45) is 0 Å².